The lowest BCUT2D eigenvalue weighted by Gasteiger charge is -2.29. The number of phosphoric ester groups is 1. The molecule has 0 aliphatic carbocycles. The van der Waals surface area contributed by atoms with Crippen LogP contribution in [0.5, 0.6) is 0 Å². The van der Waals surface area contributed by atoms with Gasteiger partial charge in [0.05, 0.1) is 39.9 Å². The second-order valence-corrected chi connectivity index (χ2v) is 28.8. The van der Waals surface area contributed by atoms with Gasteiger partial charge in [0, 0.05) is 6.42 Å². The zero-order chi connectivity index (χ0) is 60.5. The monoisotopic (exact) mass is 1190 g/mol. The predicted molar refractivity (Wildman–Crippen MR) is 362 cm³/mol. The molecule has 0 saturated heterocycles. The Morgan fingerprint density at radius 2 is 0.651 bits per heavy atom. The lowest BCUT2D eigenvalue weighted by Crippen LogP contribution is -2.45. The highest BCUT2D eigenvalue weighted by Gasteiger charge is 2.23. The Hall–Kier alpha value is -0.760. The Morgan fingerprint density at radius 1 is 0.410 bits per heavy atom. The summed E-state index contributed by atoms with van der Waals surface area (Å²) in [5, 5.41) is 14.0. The largest absolute Gasteiger partial charge is 0.756 e. The van der Waals surface area contributed by atoms with Gasteiger partial charge in [0.25, 0.3) is 7.82 Å². The number of allylic oxidation sites excluding steroid dienone is 1. The normalized spacial score (nSPS) is 13.6. The third-order valence-electron chi connectivity index (χ3n) is 17.7. The van der Waals surface area contributed by atoms with Gasteiger partial charge < -0.3 is 28.8 Å². The van der Waals surface area contributed by atoms with E-state index in [0.717, 1.165) is 38.5 Å². The lowest BCUT2D eigenvalue weighted by molar-refractivity contribution is -0.870. The number of aliphatic hydroxyl groups is 1. The fourth-order valence-corrected chi connectivity index (χ4v) is 12.6. The first-order chi connectivity index (χ1) is 40.5. The minimum atomic E-state index is -4.60. The Bertz CT molecular complexity index is 1360. The molecule has 0 rings (SSSR count). The number of nitrogens with zero attached hydrogens (tertiary/aromatic N) is 1. The molecule has 0 heterocycles. The summed E-state index contributed by atoms with van der Waals surface area (Å²) in [5.41, 5.74) is 0. The molecule has 0 spiro atoms. The van der Waals surface area contributed by atoms with Gasteiger partial charge in [-0.15, -0.1) is 0 Å². The van der Waals surface area contributed by atoms with E-state index in [1.807, 2.05) is 27.2 Å². The Labute approximate surface area is 520 Å². The number of nitrogens with one attached hydrogen (secondary N) is 1. The lowest BCUT2D eigenvalue weighted by atomic mass is 10.0. The number of likely N-dealkylation sites (N-methyl/N-ethyl adjacent to an activating group) is 1. The van der Waals surface area contributed by atoms with E-state index in [2.05, 4.69) is 19.2 Å². The van der Waals surface area contributed by atoms with Crippen molar-refractivity contribution in [3.8, 4) is 0 Å². The van der Waals surface area contributed by atoms with Crippen LogP contribution in [0.3, 0.4) is 0 Å². The summed E-state index contributed by atoms with van der Waals surface area (Å²) in [4.78, 5) is 25.7. The molecule has 0 aliphatic heterocycles. The molecular weight excluding hydrogens is 1040 g/mol. The average molecular weight is 1190 g/mol. The summed E-state index contributed by atoms with van der Waals surface area (Å²) >= 11 is 0. The minimum absolute atomic E-state index is 0.00310. The van der Waals surface area contributed by atoms with Gasteiger partial charge in [0.15, 0.2) is 0 Å². The van der Waals surface area contributed by atoms with Crippen molar-refractivity contribution < 1.29 is 32.9 Å². The number of hydrogen-bond donors (Lipinski definition) is 2. The summed E-state index contributed by atoms with van der Waals surface area (Å²) in [5.74, 6) is -0.186. The summed E-state index contributed by atoms with van der Waals surface area (Å²) in [6.45, 7) is 4.73. The molecule has 83 heavy (non-hydrogen) atoms. The van der Waals surface area contributed by atoms with Crippen molar-refractivity contribution in [2.75, 3.05) is 40.9 Å². The zero-order valence-electron chi connectivity index (χ0n) is 56.9. The van der Waals surface area contributed by atoms with Gasteiger partial charge in [-0.3, -0.25) is 9.36 Å². The third kappa shape index (κ3) is 68.6. The third-order valence-corrected chi connectivity index (χ3v) is 18.7. The summed E-state index contributed by atoms with van der Waals surface area (Å²) < 4.78 is 23.5. The smallest absolute Gasteiger partial charge is 0.268 e. The van der Waals surface area contributed by atoms with Gasteiger partial charge in [0.2, 0.25) is 5.91 Å². The van der Waals surface area contributed by atoms with Crippen LogP contribution in [-0.2, 0) is 18.4 Å². The van der Waals surface area contributed by atoms with Crippen LogP contribution in [0.4, 0.5) is 0 Å². The van der Waals surface area contributed by atoms with E-state index < -0.39 is 20.0 Å². The SMILES string of the molecule is CCCCCCCCCCCCCCCCCCCCCCCCCCCCCC/C=C/C(O)C(COP(=O)([O-])OCC[N+](C)(C)C)NC(=O)CCCCCCCCCCCCCCCCCCCCCCCCCCCCCCCCC. The molecule has 0 radical (unpaired) electrons. The van der Waals surface area contributed by atoms with E-state index in [4.69, 9.17) is 9.05 Å². The molecule has 0 aromatic carbocycles. The van der Waals surface area contributed by atoms with E-state index in [1.54, 1.807) is 6.08 Å². The first-order valence-electron chi connectivity index (χ1n) is 37.6. The van der Waals surface area contributed by atoms with Crippen molar-refractivity contribution in [2.45, 2.75) is 418 Å². The van der Waals surface area contributed by atoms with Crippen molar-refractivity contribution in [1.29, 1.82) is 0 Å². The van der Waals surface area contributed by atoms with Crippen LogP contribution in [0.2, 0.25) is 0 Å². The summed E-state index contributed by atoms with van der Waals surface area (Å²) in [6, 6.07) is -0.884. The number of carbonyl (C=O) groups is 1. The van der Waals surface area contributed by atoms with Crippen LogP contribution in [0.15, 0.2) is 12.2 Å². The molecule has 496 valence electrons. The number of aliphatic hydroxyl groups excluding tert-OH is 1. The molecule has 2 N–H and O–H groups in total. The van der Waals surface area contributed by atoms with E-state index in [-0.39, 0.29) is 19.1 Å². The van der Waals surface area contributed by atoms with Crippen molar-refractivity contribution in [2.24, 2.45) is 0 Å². The predicted octanol–water partition coefficient (Wildman–Crippen LogP) is 23.4. The minimum Gasteiger partial charge on any atom is -0.756 e. The number of carbonyl (C=O) groups excluding carboxylic acids is 1. The van der Waals surface area contributed by atoms with Gasteiger partial charge in [-0.05, 0) is 19.3 Å². The molecule has 3 atom stereocenters. The Balaban J connectivity index is 3.98. The number of unbranched alkanes of at least 4 members (excludes halogenated alkanes) is 58. The highest BCUT2D eigenvalue weighted by molar-refractivity contribution is 7.45. The van der Waals surface area contributed by atoms with Gasteiger partial charge in [0.1, 0.15) is 13.2 Å². The molecule has 0 aromatic heterocycles. The molecule has 0 aromatic rings. The Kier molecular flexibility index (Phi) is 65.1. The quantitative estimate of drug-likeness (QED) is 0.0272. The maximum absolute atomic E-state index is 13.1. The molecule has 0 aliphatic rings. The van der Waals surface area contributed by atoms with Crippen LogP contribution in [0.25, 0.3) is 0 Å². The zero-order valence-corrected chi connectivity index (χ0v) is 57.8. The van der Waals surface area contributed by atoms with Crippen molar-refractivity contribution in [3.63, 3.8) is 0 Å². The molecule has 3 unspecified atom stereocenters. The molecular formula is C74H149N2O6P. The maximum atomic E-state index is 13.1. The van der Waals surface area contributed by atoms with Gasteiger partial charge in [-0.25, -0.2) is 0 Å². The van der Waals surface area contributed by atoms with Crippen molar-refractivity contribution >= 4 is 13.7 Å². The molecule has 8 nitrogen and oxygen atoms in total. The highest BCUT2D eigenvalue weighted by Crippen LogP contribution is 2.38. The van der Waals surface area contributed by atoms with Gasteiger partial charge >= 0.3 is 0 Å². The summed E-state index contributed by atoms with van der Waals surface area (Å²) in [7, 11) is 1.29. The fourth-order valence-electron chi connectivity index (χ4n) is 11.9. The first-order valence-corrected chi connectivity index (χ1v) is 39.0. The molecule has 0 fully saturated rings. The van der Waals surface area contributed by atoms with Crippen LogP contribution < -0.4 is 10.2 Å². The van der Waals surface area contributed by atoms with E-state index in [9.17, 15) is 19.4 Å². The Morgan fingerprint density at radius 3 is 0.904 bits per heavy atom. The van der Waals surface area contributed by atoms with E-state index in [0.29, 0.717) is 17.4 Å². The topological polar surface area (TPSA) is 108 Å². The van der Waals surface area contributed by atoms with Crippen LogP contribution in [0.1, 0.15) is 406 Å². The van der Waals surface area contributed by atoms with Crippen LogP contribution in [-0.4, -0.2) is 68.5 Å². The fraction of sp³-hybridized carbons (Fsp3) is 0.959. The number of hydrogen-bond acceptors (Lipinski definition) is 6. The van der Waals surface area contributed by atoms with Crippen molar-refractivity contribution in [1.82, 2.24) is 5.32 Å². The van der Waals surface area contributed by atoms with Crippen molar-refractivity contribution in [3.05, 3.63) is 12.2 Å². The number of rotatable bonds is 71. The summed E-state index contributed by atoms with van der Waals surface area (Å²) in [6.07, 6.45) is 85.0. The standard InChI is InChI=1S/C74H149N2O6P/c1-6-8-10-12-14-16-18-20-22-24-26-28-30-32-34-36-38-40-42-44-46-48-50-52-54-56-58-60-62-64-66-68-74(78)75-72(71-82-83(79,80)81-70-69-76(3,4)5)73(77)67-65-63-61-59-57-55-53-51-49-47-45-43-41-39-37-35-33-31-29-27-25-23-21-19-17-15-13-11-9-7-2/h65,67,72-73,77H,6-64,66,68-71H2,1-5H3,(H-,75,78,79,80)/b67-65+. The second kappa shape index (κ2) is 65.7. The average Bonchev–Trinajstić information content (AvgIpc) is 3.49. The molecule has 1 amide bonds. The van der Waals surface area contributed by atoms with E-state index in [1.165, 1.54) is 347 Å². The maximum Gasteiger partial charge on any atom is 0.268 e. The molecule has 9 heteroatoms. The van der Waals surface area contributed by atoms with Gasteiger partial charge in [-0.1, -0.05) is 392 Å². The van der Waals surface area contributed by atoms with Crippen LogP contribution in [0, 0.1) is 0 Å². The van der Waals surface area contributed by atoms with E-state index >= 15 is 0 Å². The highest BCUT2D eigenvalue weighted by atomic mass is 31.2. The number of amides is 1. The second-order valence-electron chi connectivity index (χ2n) is 27.4. The number of quaternary nitrogens is 1. The molecule has 0 saturated carbocycles. The van der Waals surface area contributed by atoms with Crippen LogP contribution >= 0.6 is 7.82 Å². The molecule has 0 bridgehead atoms. The van der Waals surface area contributed by atoms with Gasteiger partial charge in [-0.2, -0.15) is 0 Å². The number of phosphoric acid groups is 1. The first kappa shape index (κ1) is 82.2.